The highest BCUT2D eigenvalue weighted by molar-refractivity contribution is 6.14. The zero-order chi connectivity index (χ0) is 24.9. The monoisotopic (exact) mass is 477 g/mol. The number of allylic oxidation sites excluding steroid dienone is 2. The first kappa shape index (κ1) is 24.5. The van der Waals surface area contributed by atoms with Crippen LogP contribution >= 0.6 is 0 Å². The number of primary amides is 1. The van der Waals surface area contributed by atoms with Crippen LogP contribution in [-0.4, -0.2) is 54.8 Å². The maximum Gasteiger partial charge on any atom is 0.251 e. The zero-order valence-electron chi connectivity index (χ0n) is 20.1. The van der Waals surface area contributed by atoms with Gasteiger partial charge in [0.1, 0.15) is 17.1 Å². The van der Waals surface area contributed by atoms with Crippen molar-refractivity contribution in [3.63, 3.8) is 0 Å². The van der Waals surface area contributed by atoms with Crippen LogP contribution in [0.2, 0.25) is 0 Å². The van der Waals surface area contributed by atoms with E-state index in [1.807, 2.05) is 19.9 Å². The fraction of sp³-hybridized carbons (Fsp3) is 0.370. The Morgan fingerprint density at radius 2 is 1.83 bits per heavy atom. The molecule has 0 aliphatic carbocycles. The molecule has 2 aromatic rings. The number of fused-ring (bicyclic) bond motifs is 1. The summed E-state index contributed by atoms with van der Waals surface area (Å²) in [6, 6.07) is 12.0. The lowest BCUT2D eigenvalue weighted by Crippen LogP contribution is -2.45. The summed E-state index contributed by atoms with van der Waals surface area (Å²) >= 11 is 0. The van der Waals surface area contributed by atoms with E-state index in [2.05, 4.69) is 10.2 Å². The van der Waals surface area contributed by atoms with Crippen molar-refractivity contribution in [2.75, 3.05) is 26.2 Å². The number of piperidine rings is 1. The highest BCUT2D eigenvalue weighted by Crippen LogP contribution is 2.38. The third-order valence-corrected chi connectivity index (χ3v) is 6.30. The van der Waals surface area contributed by atoms with Crippen LogP contribution in [0.5, 0.6) is 11.5 Å². The summed E-state index contributed by atoms with van der Waals surface area (Å²) < 4.78 is 11.6. The molecular weight excluding hydrogens is 446 g/mol. The molecule has 2 aromatic carbocycles. The first-order chi connectivity index (χ1) is 16.8. The molecule has 0 atom stereocenters. The molecule has 35 heavy (non-hydrogen) atoms. The summed E-state index contributed by atoms with van der Waals surface area (Å²) in [5, 5.41) is 3.06. The molecule has 0 saturated carbocycles. The standard InChI is InChI=1S/C27H31N3O5/c1-17(2)25-24(31)23-21(8-4-9-22(23)35-25)34-15-5-12-30-13-10-20(11-14-30)29-27(33)19-7-3-6-18(16-19)26(28)32/h3-4,6-9,16,20H,5,10-15H2,1-2H3,(H2,28,32)(H,29,33). The molecule has 1 fully saturated rings. The maximum atomic E-state index is 12.7. The molecule has 0 spiro atoms. The smallest absolute Gasteiger partial charge is 0.251 e. The van der Waals surface area contributed by atoms with Crippen LogP contribution in [0.4, 0.5) is 0 Å². The van der Waals surface area contributed by atoms with Gasteiger partial charge < -0.3 is 25.4 Å². The van der Waals surface area contributed by atoms with Gasteiger partial charge in [0.25, 0.3) is 5.91 Å². The second-order valence-corrected chi connectivity index (χ2v) is 9.13. The van der Waals surface area contributed by atoms with Gasteiger partial charge in [0.2, 0.25) is 11.7 Å². The number of carbonyl (C=O) groups excluding carboxylic acids is 3. The summed E-state index contributed by atoms with van der Waals surface area (Å²) in [5.74, 6) is 0.628. The normalized spacial score (nSPS) is 15.9. The predicted octanol–water partition coefficient (Wildman–Crippen LogP) is 3.32. The Bertz CT molecular complexity index is 1160. The SMILES string of the molecule is CC(C)=C1Oc2cccc(OCCCN3CCC(NC(=O)c4cccc(C(N)=O)c4)CC3)c2C1=O. The maximum absolute atomic E-state index is 12.7. The molecule has 4 rings (SSSR count). The number of rotatable bonds is 8. The second-order valence-electron chi connectivity index (χ2n) is 9.13. The van der Waals surface area contributed by atoms with E-state index in [0.29, 0.717) is 40.6 Å². The average Bonchev–Trinajstić information content (AvgIpc) is 3.20. The van der Waals surface area contributed by atoms with Crippen molar-refractivity contribution in [3.05, 3.63) is 70.5 Å². The number of amides is 2. The van der Waals surface area contributed by atoms with Crippen molar-refractivity contribution in [1.29, 1.82) is 0 Å². The van der Waals surface area contributed by atoms with E-state index >= 15 is 0 Å². The molecule has 2 amide bonds. The fourth-order valence-corrected chi connectivity index (χ4v) is 4.39. The molecule has 2 aliphatic heterocycles. The van der Waals surface area contributed by atoms with E-state index in [1.165, 1.54) is 6.07 Å². The summed E-state index contributed by atoms with van der Waals surface area (Å²) in [6.45, 7) is 6.85. The highest BCUT2D eigenvalue weighted by atomic mass is 16.5. The van der Waals surface area contributed by atoms with E-state index in [1.54, 1.807) is 30.3 Å². The van der Waals surface area contributed by atoms with Crippen LogP contribution in [0.15, 0.2) is 53.8 Å². The van der Waals surface area contributed by atoms with Crippen molar-refractivity contribution in [3.8, 4) is 11.5 Å². The fourth-order valence-electron chi connectivity index (χ4n) is 4.39. The van der Waals surface area contributed by atoms with Crippen molar-refractivity contribution >= 4 is 17.6 Å². The van der Waals surface area contributed by atoms with Crippen molar-refractivity contribution in [2.24, 2.45) is 5.73 Å². The van der Waals surface area contributed by atoms with Crippen LogP contribution in [0, 0.1) is 0 Å². The summed E-state index contributed by atoms with van der Waals surface area (Å²) in [4.78, 5) is 38.9. The summed E-state index contributed by atoms with van der Waals surface area (Å²) in [7, 11) is 0. The number of hydrogen-bond donors (Lipinski definition) is 2. The van der Waals surface area contributed by atoms with Gasteiger partial charge in [-0.25, -0.2) is 0 Å². The molecule has 8 nitrogen and oxygen atoms in total. The van der Waals surface area contributed by atoms with Crippen molar-refractivity contribution in [1.82, 2.24) is 10.2 Å². The Kier molecular flexibility index (Phi) is 7.51. The lowest BCUT2D eigenvalue weighted by Gasteiger charge is -2.32. The van der Waals surface area contributed by atoms with Crippen LogP contribution in [0.1, 0.15) is 64.2 Å². The minimum atomic E-state index is -0.550. The number of nitrogens with one attached hydrogen (secondary N) is 1. The van der Waals surface area contributed by atoms with Crippen molar-refractivity contribution < 1.29 is 23.9 Å². The van der Waals surface area contributed by atoms with E-state index in [4.69, 9.17) is 15.2 Å². The van der Waals surface area contributed by atoms with Gasteiger partial charge in [-0.3, -0.25) is 14.4 Å². The predicted molar refractivity (Wildman–Crippen MR) is 132 cm³/mol. The molecule has 184 valence electrons. The molecular formula is C27H31N3O5. The van der Waals surface area contributed by atoms with Crippen LogP contribution in [0.25, 0.3) is 0 Å². The number of hydrogen-bond acceptors (Lipinski definition) is 6. The largest absolute Gasteiger partial charge is 0.493 e. The molecule has 3 N–H and O–H groups in total. The Balaban J connectivity index is 1.20. The Morgan fingerprint density at radius 3 is 2.54 bits per heavy atom. The number of likely N-dealkylation sites (tertiary alicyclic amines) is 1. The highest BCUT2D eigenvalue weighted by Gasteiger charge is 2.31. The van der Waals surface area contributed by atoms with Gasteiger partial charge in [-0.15, -0.1) is 0 Å². The molecule has 0 unspecified atom stereocenters. The number of ether oxygens (including phenoxy) is 2. The summed E-state index contributed by atoms with van der Waals surface area (Å²) in [5.41, 5.74) is 7.41. The molecule has 0 aromatic heterocycles. The topological polar surface area (TPSA) is 111 Å². The van der Waals surface area contributed by atoms with E-state index in [-0.39, 0.29) is 17.7 Å². The molecule has 0 radical (unpaired) electrons. The molecule has 1 saturated heterocycles. The van der Waals surface area contributed by atoms with Gasteiger partial charge in [0.05, 0.1) is 6.61 Å². The van der Waals surface area contributed by atoms with E-state index in [0.717, 1.165) is 44.5 Å². The molecule has 2 heterocycles. The molecule has 8 heteroatoms. The lowest BCUT2D eigenvalue weighted by atomic mass is 10.0. The third-order valence-electron chi connectivity index (χ3n) is 6.30. The minimum absolute atomic E-state index is 0.0921. The lowest BCUT2D eigenvalue weighted by molar-refractivity contribution is 0.0909. The molecule has 0 bridgehead atoms. The van der Waals surface area contributed by atoms with Gasteiger partial charge in [-0.1, -0.05) is 12.1 Å². The number of benzene rings is 2. The average molecular weight is 478 g/mol. The van der Waals surface area contributed by atoms with Gasteiger partial charge >= 0.3 is 0 Å². The molecule has 2 aliphatic rings. The Hall–Kier alpha value is -3.65. The van der Waals surface area contributed by atoms with E-state index in [9.17, 15) is 14.4 Å². The second kappa shape index (κ2) is 10.7. The zero-order valence-corrected chi connectivity index (χ0v) is 20.1. The quantitative estimate of drug-likeness (QED) is 0.446. The van der Waals surface area contributed by atoms with Crippen LogP contribution in [-0.2, 0) is 0 Å². The number of nitrogens with zero attached hydrogens (tertiary/aromatic N) is 1. The number of nitrogens with two attached hydrogens (primary N) is 1. The first-order valence-corrected chi connectivity index (χ1v) is 11.9. The minimum Gasteiger partial charge on any atom is -0.493 e. The summed E-state index contributed by atoms with van der Waals surface area (Å²) in [6.07, 6.45) is 2.53. The Labute approximate surface area is 205 Å². The van der Waals surface area contributed by atoms with Crippen molar-refractivity contribution in [2.45, 2.75) is 39.2 Å². The van der Waals surface area contributed by atoms with Gasteiger partial charge in [-0.2, -0.15) is 0 Å². The van der Waals surface area contributed by atoms with Gasteiger partial charge in [0, 0.05) is 36.8 Å². The van der Waals surface area contributed by atoms with E-state index < -0.39 is 5.91 Å². The van der Waals surface area contributed by atoms with Gasteiger partial charge in [0.15, 0.2) is 5.76 Å². The third kappa shape index (κ3) is 5.71. The number of ketones is 1. The Morgan fingerprint density at radius 1 is 1.11 bits per heavy atom. The number of Topliss-reactive ketones (excluding diaryl/α,β-unsaturated/α-hetero) is 1. The first-order valence-electron chi connectivity index (χ1n) is 11.9. The van der Waals surface area contributed by atoms with Crippen LogP contribution < -0.4 is 20.5 Å². The van der Waals surface area contributed by atoms with Crippen LogP contribution in [0.3, 0.4) is 0 Å². The van der Waals surface area contributed by atoms with Gasteiger partial charge in [-0.05, 0) is 69.0 Å². The number of carbonyl (C=O) groups is 3.